The molecule has 4 heteroatoms. The van der Waals surface area contributed by atoms with Crippen molar-refractivity contribution >= 4 is 33.2 Å². The van der Waals surface area contributed by atoms with Crippen molar-refractivity contribution in [3.05, 3.63) is 29.6 Å². The summed E-state index contributed by atoms with van der Waals surface area (Å²) < 4.78 is 5.68. The number of hydrogen-bond acceptors (Lipinski definition) is 3. The molecule has 1 aromatic carbocycles. The number of amides is 1. The fraction of sp³-hybridized carbons (Fsp3) is 0.100. The number of fused-ring (bicyclic) bond motifs is 1. The Labute approximate surface area is 85.3 Å². The third-order valence-corrected chi connectivity index (χ3v) is 2.80. The number of carbonyl (C=O) groups excluding carboxylic acids is 1. The minimum absolute atomic E-state index is 0.441. The quantitative estimate of drug-likeness (QED) is 0.780. The van der Waals surface area contributed by atoms with E-state index < -0.39 is 6.09 Å². The Hall–Kier alpha value is -1.55. The molecular formula is C10H9NO2S. The standard InChI is InChI=1S/C10H9NO2S/c1-13-10(12)11-8-3-2-4-9-7(8)5-6-14-9/h2-6H,1H3,(H,11,12). The van der Waals surface area contributed by atoms with E-state index in [1.165, 1.54) is 7.11 Å². The van der Waals surface area contributed by atoms with Crippen LogP contribution >= 0.6 is 11.3 Å². The summed E-state index contributed by atoms with van der Waals surface area (Å²) in [4.78, 5) is 11.0. The topological polar surface area (TPSA) is 38.3 Å². The minimum atomic E-state index is -0.441. The minimum Gasteiger partial charge on any atom is -0.453 e. The molecule has 0 unspecified atom stereocenters. The first-order valence-corrected chi connectivity index (χ1v) is 5.00. The highest BCUT2D eigenvalue weighted by Crippen LogP contribution is 2.27. The first-order valence-electron chi connectivity index (χ1n) is 4.12. The lowest BCUT2D eigenvalue weighted by atomic mass is 10.2. The zero-order valence-electron chi connectivity index (χ0n) is 7.61. The van der Waals surface area contributed by atoms with Gasteiger partial charge in [-0.1, -0.05) is 6.07 Å². The molecular weight excluding hydrogens is 198 g/mol. The lowest BCUT2D eigenvalue weighted by Crippen LogP contribution is -2.10. The van der Waals surface area contributed by atoms with E-state index in [1.54, 1.807) is 11.3 Å². The lowest BCUT2D eigenvalue weighted by Gasteiger charge is -2.04. The van der Waals surface area contributed by atoms with E-state index in [0.717, 1.165) is 15.8 Å². The van der Waals surface area contributed by atoms with Crippen LogP contribution in [0.5, 0.6) is 0 Å². The number of thiophene rings is 1. The fourth-order valence-corrected chi connectivity index (χ4v) is 2.08. The number of nitrogens with one attached hydrogen (secondary N) is 1. The molecule has 72 valence electrons. The van der Waals surface area contributed by atoms with E-state index in [2.05, 4.69) is 10.1 Å². The number of methoxy groups -OCH3 is 1. The number of ether oxygens (including phenoxy) is 1. The highest BCUT2D eigenvalue weighted by Gasteiger charge is 2.04. The van der Waals surface area contributed by atoms with Gasteiger partial charge in [0.15, 0.2) is 0 Å². The second-order valence-corrected chi connectivity index (χ2v) is 3.70. The molecule has 0 bridgehead atoms. The van der Waals surface area contributed by atoms with Crippen LogP contribution in [0, 0.1) is 0 Å². The maximum absolute atomic E-state index is 11.0. The predicted molar refractivity (Wildman–Crippen MR) is 57.9 cm³/mol. The summed E-state index contributed by atoms with van der Waals surface area (Å²) in [6, 6.07) is 7.75. The molecule has 2 aromatic rings. The summed E-state index contributed by atoms with van der Waals surface area (Å²) in [5.74, 6) is 0. The zero-order chi connectivity index (χ0) is 9.97. The van der Waals surface area contributed by atoms with Crippen molar-refractivity contribution in [1.82, 2.24) is 0 Å². The fourth-order valence-electron chi connectivity index (χ4n) is 1.26. The van der Waals surface area contributed by atoms with E-state index in [-0.39, 0.29) is 0 Å². The van der Waals surface area contributed by atoms with Gasteiger partial charge in [-0.15, -0.1) is 11.3 Å². The van der Waals surface area contributed by atoms with E-state index in [1.807, 2.05) is 29.6 Å². The lowest BCUT2D eigenvalue weighted by molar-refractivity contribution is 0.187. The number of hydrogen-bond donors (Lipinski definition) is 1. The van der Waals surface area contributed by atoms with Gasteiger partial charge in [0, 0.05) is 10.1 Å². The van der Waals surface area contributed by atoms with E-state index >= 15 is 0 Å². The summed E-state index contributed by atoms with van der Waals surface area (Å²) in [5, 5.41) is 5.70. The smallest absolute Gasteiger partial charge is 0.411 e. The molecule has 0 spiro atoms. The van der Waals surface area contributed by atoms with Crippen molar-refractivity contribution in [3.63, 3.8) is 0 Å². The molecule has 2 rings (SSSR count). The van der Waals surface area contributed by atoms with E-state index in [4.69, 9.17) is 0 Å². The van der Waals surface area contributed by atoms with Crippen LogP contribution in [-0.2, 0) is 4.74 Å². The van der Waals surface area contributed by atoms with Gasteiger partial charge in [0.2, 0.25) is 0 Å². The Kier molecular flexibility index (Phi) is 2.37. The van der Waals surface area contributed by atoms with Crippen molar-refractivity contribution in [2.45, 2.75) is 0 Å². The molecule has 0 radical (unpaired) electrons. The molecule has 0 aliphatic heterocycles. The molecule has 0 saturated carbocycles. The largest absolute Gasteiger partial charge is 0.453 e. The maximum atomic E-state index is 11.0. The van der Waals surface area contributed by atoms with Crippen LogP contribution in [0.1, 0.15) is 0 Å². The highest BCUT2D eigenvalue weighted by atomic mass is 32.1. The van der Waals surface area contributed by atoms with Gasteiger partial charge in [0.25, 0.3) is 0 Å². The van der Waals surface area contributed by atoms with E-state index in [0.29, 0.717) is 0 Å². The molecule has 1 N–H and O–H groups in total. The predicted octanol–water partition coefficient (Wildman–Crippen LogP) is 3.08. The van der Waals surface area contributed by atoms with Gasteiger partial charge < -0.3 is 4.74 Å². The SMILES string of the molecule is COC(=O)Nc1cccc2sccc12. The average Bonchev–Trinajstić information content (AvgIpc) is 2.66. The summed E-state index contributed by atoms with van der Waals surface area (Å²) in [6.07, 6.45) is -0.441. The van der Waals surface area contributed by atoms with Gasteiger partial charge in [-0.05, 0) is 23.6 Å². The molecule has 0 atom stereocenters. The van der Waals surface area contributed by atoms with Gasteiger partial charge >= 0.3 is 6.09 Å². The molecule has 14 heavy (non-hydrogen) atoms. The summed E-state index contributed by atoms with van der Waals surface area (Å²) >= 11 is 1.64. The van der Waals surface area contributed by atoms with Crippen LogP contribution in [0.4, 0.5) is 10.5 Å². The van der Waals surface area contributed by atoms with Gasteiger partial charge in [-0.3, -0.25) is 5.32 Å². The Morgan fingerprint density at radius 2 is 2.29 bits per heavy atom. The highest BCUT2D eigenvalue weighted by molar-refractivity contribution is 7.17. The molecule has 0 aliphatic carbocycles. The number of rotatable bonds is 1. The Morgan fingerprint density at radius 3 is 3.07 bits per heavy atom. The second-order valence-electron chi connectivity index (χ2n) is 2.75. The second kappa shape index (κ2) is 3.67. The molecule has 0 aliphatic rings. The number of benzene rings is 1. The Balaban J connectivity index is 2.41. The first-order chi connectivity index (χ1) is 6.81. The van der Waals surface area contributed by atoms with E-state index in [9.17, 15) is 4.79 Å². The van der Waals surface area contributed by atoms with Crippen LogP contribution in [0.3, 0.4) is 0 Å². The van der Waals surface area contributed by atoms with Crippen LogP contribution in [-0.4, -0.2) is 13.2 Å². The third-order valence-electron chi connectivity index (χ3n) is 1.92. The normalized spacial score (nSPS) is 10.1. The van der Waals surface area contributed by atoms with Crippen molar-refractivity contribution in [2.75, 3.05) is 12.4 Å². The van der Waals surface area contributed by atoms with Crippen molar-refractivity contribution in [2.24, 2.45) is 0 Å². The summed E-state index contributed by atoms with van der Waals surface area (Å²) in [5.41, 5.74) is 0.788. The van der Waals surface area contributed by atoms with Gasteiger partial charge in [0.1, 0.15) is 0 Å². The summed E-state index contributed by atoms with van der Waals surface area (Å²) in [7, 11) is 1.35. The number of carbonyl (C=O) groups is 1. The van der Waals surface area contributed by atoms with Crippen molar-refractivity contribution in [1.29, 1.82) is 0 Å². The molecule has 1 heterocycles. The molecule has 1 amide bonds. The van der Waals surface area contributed by atoms with Gasteiger partial charge in [-0.2, -0.15) is 0 Å². The molecule has 0 saturated heterocycles. The Morgan fingerprint density at radius 1 is 1.43 bits per heavy atom. The summed E-state index contributed by atoms with van der Waals surface area (Å²) in [6.45, 7) is 0. The van der Waals surface area contributed by atoms with Crippen molar-refractivity contribution in [3.8, 4) is 0 Å². The van der Waals surface area contributed by atoms with Crippen LogP contribution in [0.25, 0.3) is 10.1 Å². The van der Waals surface area contributed by atoms with Crippen LogP contribution in [0.2, 0.25) is 0 Å². The average molecular weight is 207 g/mol. The van der Waals surface area contributed by atoms with Gasteiger partial charge in [0.05, 0.1) is 12.8 Å². The molecule has 0 fully saturated rings. The van der Waals surface area contributed by atoms with Crippen LogP contribution < -0.4 is 5.32 Å². The molecule has 1 aromatic heterocycles. The van der Waals surface area contributed by atoms with Crippen LogP contribution in [0.15, 0.2) is 29.6 Å². The van der Waals surface area contributed by atoms with Crippen molar-refractivity contribution < 1.29 is 9.53 Å². The van der Waals surface area contributed by atoms with Gasteiger partial charge in [-0.25, -0.2) is 4.79 Å². The zero-order valence-corrected chi connectivity index (χ0v) is 8.43. The number of anilines is 1. The maximum Gasteiger partial charge on any atom is 0.411 e. The first kappa shape index (κ1) is 9.02. The molecule has 3 nitrogen and oxygen atoms in total. The monoisotopic (exact) mass is 207 g/mol. The Bertz CT molecular complexity index is 464. The third kappa shape index (κ3) is 1.56.